The van der Waals surface area contributed by atoms with Gasteiger partial charge in [0.25, 0.3) is 0 Å². The first-order valence-corrected chi connectivity index (χ1v) is 49.3. The molecule has 0 aliphatic heterocycles. The van der Waals surface area contributed by atoms with Crippen LogP contribution in [0.2, 0.25) is 0 Å². The summed E-state index contributed by atoms with van der Waals surface area (Å²) in [5.41, 5.74) is 8.19. The molecule has 48 heteroatoms. The molecule has 0 aromatic carbocycles. The van der Waals surface area contributed by atoms with Crippen molar-refractivity contribution >= 4 is 0 Å². The van der Waals surface area contributed by atoms with Gasteiger partial charge in [-0.25, -0.2) is 0 Å². The van der Waals surface area contributed by atoms with Crippen LogP contribution in [0.5, 0.6) is 0 Å². The second-order valence-electron chi connectivity index (χ2n) is 27.9. The molecule has 0 N–H and O–H groups in total. The maximum absolute atomic E-state index is 8.19. The Morgan fingerprint density at radius 2 is 0.158 bits per heavy atom. The SMILES string of the molecule is COCCOCCOCCOCCOCCOCCOCCOCCOCCOCCOCCOCCOCCOCCOCCOCCOCCOCCOCCOCCOCCOCCOCCOCCOCCOCCOCCOCCOCCOCCOCCOCCOCCOCCOCCOCCOCCOCCOCCOCCOCCOCCOCCOCCOCCN=[N+]=[N-]. The lowest BCUT2D eigenvalue weighted by Crippen LogP contribution is -2.16. The van der Waals surface area contributed by atoms with Gasteiger partial charge >= 0.3 is 0 Å². The molecule has 0 aliphatic rings. The summed E-state index contributed by atoms with van der Waals surface area (Å²) < 4.78 is 248. The lowest BCUT2D eigenvalue weighted by Gasteiger charge is -2.09. The summed E-state index contributed by atoms with van der Waals surface area (Å²) in [4.78, 5) is 2.66. The summed E-state index contributed by atoms with van der Waals surface area (Å²) in [7, 11) is 1.64. The van der Waals surface area contributed by atoms with Gasteiger partial charge in [0.1, 0.15) is 0 Å². The van der Waals surface area contributed by atoms with Gasteiger partial charge in [-0.1, -0.05) is 5.11 Å². The van der Waals surface area contributed by atoms with Crippen LogP contribution < -0.4 is 0 Å². The molecule has 0 rings (SSSR count). The summed E-state index contributed by atoms with van der Waals surface area (Å²) >= 11 is 0. The standard InChI is InChI=1S/C91H183N3O45/c1-95-4-5-97-8-9-99-12-13-101-16-17-103-20-21-105-24-25-107-28-29-109-32-33-111-36-37-113-40-41-115-44-45-117-48-49-119-52-53-121-56-57-123-60-61-125-64-65-127-68-69-129-72-73-131-76-77-133-80-81-135-84-85-137-88-89-139-91-90-138-87-86-136-83-82-134-79-78-132-75-74-130-71-70-128-67-66-126-63-62-124-59-58-122-55-54-120-51-50-118-47-46-116-43-42-114-39-38-112-35-34-110-31-30-108-27-26-106-23-22-104-19-18-102-15-14-100-11-10-98-7-6-96-3-2-93-94-92/h2-91H2,1H3. The quantitative estimate of drug-likeness (QED) is 0.0362. The van der Waals surface area contributed by atoms with Crippen molar-refractivity contribution in [2.75, 3.05) is 602 Å². The van der Waals surface area contributed by atoms with Crippen LogP contribution in [0.3, 0.4) is 0 Å². The Balaban J connectivity index is 3.11. The maximum atomic E-state index is 8.19. The molecule has 0 atom stereocenters. The lowest BCUT2D eigenvalue weighted by atomic mass is 10.6. The molecular weight excluding hydrogens is 1850 g/mol. The van der Waals surface area contributed by atoms with E-state index in [9.17, 15) is 0 Å². The van der Waals surface area contributed by atoms with Crippen LogP contribution in [0.25, 0.3) is 10.4 Å². The molecule has 0 saturated heterocycles. The van der Waals surface area contributed by atoms with Crippen LogP contribution in [0.15, 0.2) is 5.11 Å². The number of azide groups is 1. The molecule has 832 valence electrons. The van der Waals surface area contributed by atoms with E-state index in [4.69, 9.17) is 219 Å². The normalized spacial score (nSPS) is 11.8. The second kappa shape index (κ2) is 136. The first-order chi connectivity index (χ1) is 69.4. The molecule has 48 nitrogen and oxygen atoms in total. The average Bonchev–Trinajstić information content (AvgIpc) is 1.10. The van der Waals surface area contributed by atoms with Gasteiger partial charge in [0.15, 0.2) is 0 Å². The van der Waals surface area contributed by atoms with Crippen LogP contribution in [0.4, 0.5) is 0 Å². The molecular formula is C91H183N3O45. The first kappa shape index (κ1) is 137. The van der Waals surface area contributed by atoms with E-state index in [1.165, 1.54) is 0 Å². The Morgan fingerprint density at radius 1 is 0.101 bits per heavy atom. The Labute approximate surface area is 827 Å². The van der Waals surface area contributed by atoms with Gasteiger partial charge in [0.2, 0.25) is 0 Å². The Bertz CT molecular complexity index is 2000. The number of hydrogen-bond acceptors (Lipinski definition) is 46. The molecule has 0 spiro atoms. The zero-order chi connectivity index (χ0) is 98.9. The van der Waals surface area contributed by atoms with Crippen molar-refractivity contribution in [1.82, 2.24) is 0 Å². The van der Waals surface area contributed by atoms with Gasteiger partial charge in [0.05, 0.1) is 588 Å². The van der Waals surface area contributed by atoms with Crippen molar-refractivity contribution in [2.24, 2.45) is 5.11 Å². The maximum Gasteiger partial charge on any atom is 0.0701 e. The zero-order valence-corrected chi connectivity index (χ0v) is 84.4. The van der Waals surface area contributed by atoms with E-state index in [1.807, 2.05) is 0 Å². The average molecular weight is 2040 g/mol. The van der Waals surface area contributed by atoms with Gasteiger partial charge in [0, 0.05) is 18.6 Å². The van der Waals surface area contributed by atoms with Crippen molar-refractivity contribution in [1.29, 1.82) is 0 Å². The highest BCUT2D eigenvalue weighted by atomic mass is 16.7. The van der Waals surface area contributed by atoms with Crippen LogP contribution >= 0.6 is 0 Å². The van der Waals surface area contributed by atoms with Gasteiger partial charge in [-0.2, -0.15) is 0 Å². The number of methoxy groups -OCH3 is 1. The summed E-state index contributed by atoms with van der Waals surface area (Å²) in [6, 6.07) is 0. The largest absolute Gasteiger partial charge is 0.382 e. The number of rotatable bonds is 135. The number of nitrogens with zero attached hydrogens (tertiary/aromatic N) is 3. The first-order valence-electron chi connectivity index (χ1n) is 49.3. The lowest BCUT2D eigenvalue weighted by molar-refractivity contribution is -0.0329. The molecule has 0 bridgehead atoms. The highest BCUT2D eigenvalue weighted by Gasteiger charge is 2.07. The smallest absolute Gasteiger partial charge is 0.0701 e. The molecule has 0 aliphatic carbocycles. The number of ether oxygens (including phenoxy) is 45. The van der Waals surface area contributed by atoms with E-state index in [1.54, 1.807) is 7.11 Å². The van der Waals surface area contributed by atoms with Gasteiger partial charge in [-0.3, -0.25) is 0 Å². The van der Waals surface area contributed by atoms with E-state index in [0.29, 0.717) is 595 Å². The fourth-order valence-corrected chi connectivity index (χ4v) is 9.85. The highest BCUT2D eigenvalue weighted by molar-refractivity contribution is 4.50. The van der Waals surface area contributed by atoms with Crippen molar-refractivity contribution in [3.05, 3.63) is 10.4 Å². The third kappa shape index (κ3) is 136. The van der Waals surface area contributed by atoms with Crippen molar-refractivity contribution < 1.29 is 213 Å². The summed E-state index contributed by atoms with van der Waals surface area (Å²) in [5.74, 6) is 0. The Hall–Kier alpha value is -2.49. The third-order valence-electron chi connectivity index (χ3n) is 16.8. The monoisotopic (exact) mass is 2040 g/mol. The Morgan fingerprint density at radius 3 is 0.216 bits per heavy atom. The van der Waals surface area contributed by atoms with E-state index in [2.05, 4.69) is 10.0 Å². The molecule has 0 unspecified atom stereocenters. The van der Waals surface area contributed by atoms with Gasteiger partial charge in [-0.15, -0.1) is 0 Å². The molecule has 0 aromatic rings. The van der Waals surface area contributed by atoms with Crippen molar-refractivity contribution in [3.8, 4) is 0 Å². The predicted molar refractivity (Wildman–Crippen MR) is 502 cm³/mol. The fraction of sp³-hybridized carbons (Fsp3) is 1.00. The minimum absolute atomic E-state index is 0.316. The van der Waals surface area contributed by atoms with Crippen LogP contribution in [-0.2, 0) is 213 Å². The third-order valence-corrected chi connectivity index (χ3v) is 16.8. The van der Waals surface area contributed by atoms with E-state index >= 15 is 0 Å². The second-order valence-corrected chi connectivity index (χ2v) is 27.9. The molecule has 0 radical (unpaired) electrons. The Kier molecular flexibility index (Phi) is 133. The zero-order valence-electron chi connectivity index (χ0n) is 84.4. The summed E-state index contributed by atoms with van der Waals surface area (Å²) in [6.07, 6.45) is 0. The predicted octanol–water partition coefficient (Wildman–Crippen LogP) is 1.67. The van der Waals surface area contributed by atoms with E-state index < -0.39 is 0 Å². The van der Waals surface area contributed by atoms with Crippen molar-refractivity contribution in [2.45, 2.75) is 0 Å². The number of hydrogen-bond donors (Lipinski definition) is 0. The minimum Gasteiger partial charge on any atom is -0.382 e. The highest BCUT2D eigenvalue weighted by Crippen LogP contribution is 1.97. The van der Waals surface area contributed by atoms with E-state index in [0.717, 1.165) is 0 Å². The van der Waals surface area contributed by atoms with Gasteiger partial charge < -0.3 is 213 Å². The van der Waals surface area contributed by atoms with Gasteiger partial charge in [-0.05, 0) is 5.53 Å². The fourth-order valence-electron chi connectivity index (χ4n) is 9.85. The van der Waals surface area contributed by atoms with Crippen LogP contribution in [0.1, 0.15) is 0 Å². The molecule has 0 heterocycles. The molecule has 0 aromatic heterocycles. The van der Waals surface area contributed by atoms with Crippen LogP contribution in [-0.4, -0.2) is 602 Å². The van der Waals surface area contributed by atoms with E-state index in [-0.39, 0.29) is 0 Å². The molecule has 0 fully saturated rings. The minimum atomic E-state index is 0.316. The van der Waals surface area contributed by atoms with Crippen molar-refractivity contribution in [3.63, 3.8) is 0 Å². The topological polar surface area (TPSA) is 464 Å². The summed E-state index contributed by atoms with van der Waals surface area (Å²) in [6.45, 7) is 43.0. The summed E-state index contributed by atoms with van der Waals surface area (Å²) in [5, 5.41) is 3.38. The van der Waals surface area contributed by atoms with Crippen LogP contribution in [0, 0.1) is 0 Å². The molecule has 0 saturated carbocycles. The molecule has 0 amide bonds. The molecule has 139 heavy (non-hydrogen) atoms.